The van der Waals surface area contributed by atoms with Crippen LogP contribution >= 0.6 is 22.7 Å². The van der Waals surface area contributed by atoms with Gasteiger partial charge < -0.3 is 5.32 Å². The van der Waals surface area contributed by atoms with Gasteiger partial charge in [-0.15, -0.1) is 22.7 Å². The van der Waals surface area contributed by atoms with E-state index in [4.69, 9.17) is 0 Å². The largest absolute Gasteiger partial charge is 0.324 e. The minimum absolute atomic E-state index is 0.0746. The molecule has 136 valence electrons. The topological polar surface area (TPSA) is 64.0 Å². The molecule has 0 aliphatic heterocycles. The van der Waals surface area contributed by atoms with Crippen molar-refractivity contribution < 1.29 is 4.79 Å². The molecule has 4 rings (SSSR count). The molecule has 3 heterocycles. The Balaban J connectivity index is 1.64. The highest BCUT2D eigenvalue weighted by atomic mass is 32.1. The molecule has 1 aromatic carbocycles. The summed E-state index contributed by atoms with van der Waals surface area (Å²) in [6, 6.07) is 9.77. The fourth-order valence-electron chi connectivity index (χ4n) is 2.99. The van der Waals surface area contributed by atoms with Gasteiger partial charge in [-0.3, -0.25) is 14.2 Å². The molecule has 5 nitrogen and oxygen atoms in total. The highest BCUT2D eigenvalue weighted by molar-refractivity contribution is 7.18. The average Bonchev–Trinajstić information content (AvgIpc) is 3.29. The molecule has 4 aromatic rings. The van der Waals surface area contributed by atoms with Crippen molar-refractivity contribution >= 4 is 44.5 Å². The maximum absolute atomic E-state index is 13.0. The number of amides is 1. The van der Waals surface area contributed by atoms with Crippen molar-refractivity contribution in [2.75, 3.05) is 5.32 Å². The third-order valence-corrected chi connectivity index (χ3v) is 6.11. The fraction of sp³-hybridized carbons (Fsp3) is 0.150. The molecule has 0 fully saturated rings. The van der Waals surface area contributed by atoms with Crippen molar-refractivity contribution in [3.8, 4) is 10.4 Å². The summed E-state index contributed by atoms with van der Waals surface area (Å²) in [6.45, 7) is 3.88. The molecule has 0 bridgehead atoms. The van der Waals surface area contributed by atoms with Crippen LogP contribution in [0.15, 0.2) is 52.2 Å². The first kappa shape index (κ1) is 17.6. The van der Waals surface area contributed by atoms with Gasteiger partial charge in [-0.25, -0.2) is 4.98 Å². The number of hydrogen-bond acceptors (Lipinski definition) is 5. The van der Waals surface area contributed by atoms with Gasteiger partial charge in [-0.1, -0.05) is 23.8 Å². The van der Waals surface area contributed by atoms with E-state index in [1.54, 1.807) is 11.3 Å². The van der Waals surface area contributed by atoms with Gasteiger partial charge in [0.25, 0.3) is 5.56 Å². The van der Waals surface area contributed by atoms with E-state index in [2.05, 4.69) is 10.3 Å². The normalized spacial score (nSPS) is 11.0. The Morgan fingerprint density at radius 3 is 2.81 bits per heavy atom. The zero-order chi connectivity index (χ0) is 19.0. The number of carbonyl (C=O) groups is 1. The number of nitrogens with one attached hydrogen (secondary N) is 1. The van der Waals surface area contributed by atoms with Crippen molar-refractivity contribution in [1.29, 1.82) is 0 Å². The highest BCUT2D eigenvalue weighted by Gasteiger charge is 2.15. The summed E-state index contributed by atoms with van der Waals surface area (Å²) in [6.07, 6.45) is 1.45. The van der Waals surface area contributed by atoms with Crippen molar-refractivity contribution in [3.05, 3.63) is 68.9 Å². The van der Waals surface area contributed by atoms with E-state index < -0.39 is 0 Å². The molecular weight excluding hydrogens is 378 g/mol. The lowest BCUT2D eigenvalue weighted by Crippen LogP contribution is -2.28. The van der Waals surface area contributed by atoms with Gasteiger partial charge in [0.1, 0.15) is 11.4 Å². The maximum atomic E-state index is 13.0. The molecule has 0 spiro atoms. The third kappa shape index (κ3) is 3.43. The number of aromatic nitrogens is 2. The van der Waals surface area contributed by atoms with Crippen LogP contribution in [-0.4, -0.2) is 15.5 Å². The lowest BCUT2D eigenvalue weighted by Gasteiger charge is -2.10. The number of hydrogen-bond donors (Lipinski definition) is 1. The van der Waals surface area contributed by atoms with E-state index in [0.29, 0.717) is 10.2 Å². The predicted molar refractivity (Wildman–Crippen MR) is 112 cm³/mol. The summed E-state index contributed by atoms with van der Waals surface area (Å²) < 4.78 is 1.37. The van der Waals surface area contributed by atoms with Crippen molar-refractivity contribution in [2.45, 2.75) is 20.4 Å². The van der Waals surface area contributed by atoms with E-state index in [1.165, 1.54) is 22.2 Å². The van der Waals surface area contributed by atoms with Crippen LogP contribution in [0.25, 0.3) is 20.7 Å². The van der Waals surface area contributed by atoms with E-state index >= 15 is 0 Å². The Morgan fingerprint density at radius 2 is 2.07 bits per heavy atom. The maximum Gasteiger partial charge on any atom is 0.263 e. The molecule has 0 radical (unpaired) electrons. The van der Waals surface area contributed by atoms with Gasteiger partial charge in [-0.2, -0.15) is 0 Å². The van der Waals surface area contributed by atoms with Gasteiger partial charge in [0.05, 0.1) is 11.7 Å². The lowest BCUT2D eigenvalue weighted by molar-refractivity contribution is -0.116. The van der Waals surface area contributed by atoms with Crippen LogP contribution < -0.4 is 10.9 Å². The van der Waals surface area contributed by atoms with Crippen molar-refractivity contribution in [2.24, 2.45) is 0 Å². The number of aryl methyl sites for hydroxylation is 2. The Morgan fingerprint density at radius 1 is 1.22 bits per heavy atom. The SMILES string of the molecule is Cc1ccc(NC(=O)Cn2cnc3scc(-c4cccs4)c3c2=O)c(C)c1. The summed E-state index contributed by atoms with van der Waals surface area (Å²) in [4.78, 5) is 31.5. The highest BCUT2D eigenvalue weighted by Crippen LogP contribution is 2.33. The lowest BCUT2D eigenvalue weighted by atomic mass is 10.1. The molecule has 1 N–H and O–H groups in total. The second kappa shape index (κ2) is 7.09. The van der Waals surface area contributed by atoms with Crippen LogP contribution in [0.3, 0.4) is 0 Å². The molecule has 0 aliphatic carbocycles. The standard InChI is InChI=1S/C20H17N3O2S2/c1-12-5-6-15(13(2)8-12)22-17(24)9-23-11-21-19-18(20(23)25)14(10-27-19)16-4-3-7-26-16/h3-8,10-11H,9H2,1-2H3,(H,22,24). The minimum Gasteiger partial charge on any atom is -0.324 e. The summed E-state index contributed by atoms with van der Waals surface area (Å²) in [5, 5.41) is 7.38. The molecule has 0 unspecified atom stereocenters. The summed E-state index contributed by atoms with van der Waals surface area (Å²) in [5.41, 5.74) is 3.56. The van der Waals surface area contributed by atoms with Gasteiger partial charge in [0, 0.05) is 21.5 Å². The Labute approximate surface area is 163 Å². The second-order valence-electron chi connectivity index (χ2n) is 6.35. The van der Waals surface area contributed by atoms with Crippen LogP contribution in [0.2, 0.25) is 0 Å². The molecule has 1 amide bonds. The van der Waals surface area contributed by atoms with Crippen molar-refractivity contribution in [3.63, 3.8) is 0 Å². The van der Waals surface area contributed by atoms with Gasteiger partial charge in [0.15, 0.2) is 0 Å². The van der Waals surface area contributed by atoms with Crippen LogP contribution in [0, 0.1) is 13.8 Å². The number of thiophene rings is 2. The monoisotopic (exact) mass is 395 g/mol. The van der Waals surface area contributed by atoms with Gasteiger partial charge in [0.2, 0.25) is 5.91 Å². The first-order valence-electron chi connectivity index (χ1n) is 8.40. The number of anilines is 1. The molecule has 0 saturated heterocycles. The van der Waals surface area contributed by atoms with Crippen LogP contribution in [0.1, 0.15) is 11.1 Å². The van der Waals surface area contributed by atoms with E-state index in [-0.39, 0.29) is 18.0 Å². The molecule has 0 saturated carbocycles. The molecule has 27 heavy (non-hydrogen) atoms. The number of fused-ring (bicyclic) bond motifs is 1. The van der Waals surface area contributed by atoms with Crippen LogP contribution in [0.4, 0.5) is 5.69 Å². The Bertz CT molecular complexity index is 1190. The van der Waals surface area contributed by atoms with Crippen molar-refractivity contribution in [1.82, 2.24) is 9.55 Å². The number of carbonyl (C=O) groups excluding carboxylic acids is 1. The number of nitrogens with zero attached hydrogens (tertiary/aromatic N) is 2. The van der Waals surface area contributed by atoms with E-state index in [9.17, 15) is 9.59 Å². The molecule has 7 heteroatoms. The molecule has 0 atom stereocenters. The summed E-state index contributed by atoms with van der Waals surface area (Å²) in [7, 11) is 0. The first-order chi connectivity index (χ1) is 13.0. The first-order valence-corrected chi connectivity index (χ1v) is 10.2. The van der Waals surface area contributed by atoms with E-state index in [1.807, 2.05) is 54.9 Å². The smallest absolute Gasteiger partial charge is 0.263 e. The minimum atomic E-state index is -0.252. The van der Waals surface area contributed by atoms with Gasteiger partial charge in [-0.05, 0) is 36.9 Å². The van der Waals surface area contributed by atoms with Gasteiger partial charge >= 0.3 is 0 Å². The summed E-state index contributed by atoms with van der Waals surface area (Å²) in [5.74, 6) is -0.252. The third-order valence-electron chi connectivity index (χ3n) is 4.32. The predicted octanol–water partition coefficient (Wildman–Crippen LogP) is 4.44. The average molecular weight is 396 g/mol. The fourth-order valence-corrected chi connectivity index (χ4v) is 4.71. The van der Waals surface area contributed by atoms with E-state index in [0.717, 1.165) is 27.3 Å². The zero-order valence-corrected chi connectivity index (χ0v) is 16.5. The molecule has 3 aromatic heterocycles. The summed E-state index contributed by atoms with van der Waals surface area (Å²) >= 11 is 3.02. The Hall–Kier alpha value is -2.77. The zero-order valence-electron chi connectivity index (χ0n) is 14.9. The molecule has 0 aliphatic rings. The Kier molecular flexibility index (Phi) is 4.63. The molecular formula is C20H17N3O2S2. The quantitative estimate of drug-likeness (QED) is 0.555. The number of rotatable bonds is 4. The van der Waals surface area contributed by atoms with Crippen LogP contribution in [-0.2, 0) is 11.3 Å². The number of benzene rings is 1. The second-order valence-corrected chi connectivity index (χ2v) is 8.16. The van der Waals surface area contributed by atoms with Crippen LogP contribution in [0.5, 0.6) is 0 Å².